The predicted octanol–water partition coefficient (Wildman–Crippen LogP) is 1.29. The maximum Gasteiger partial charge on any atom is 0.287 e. The van der Waals surface area contributed by atoms with Gasteiger partial charge in [-0.1, -0.05) is 5.16 Å². The van der Waals surface area contributed by atoms with Crippen molar-refractivity contribution >= 4 is 5.91 Å². The second-order valence-electron chi connectivity index (χ2n) is 3.75. The second kappa shape index (κ2) is 5.19. The van der Waals surface area contributed by atoms with Crippen molar-refractivity contribution in [3.63, 3.8) is 0 Å². The molecule has 0 fully saturated rings. The Hall–Kier alpha value is -2.22. The summed E-state index contributed by atoms with van der Waals surface area (Å²) in [5, 5.41) is 13.7. The Kier molecular flexibility index (Phi) is 3.61. The van der Waals surface area contributed by atoms with Crippen molar-refractivity contribution in [3.05, 3.63) is 30.2 Å². The van der Waals surface area contributed by atoms with Gasteiger partial charge in [-0.15, -0.1) is 0 Å². The number of aromatic nitrogens is 1. The van der Waals surface area contributed by atoms with E-state index in [1.807, 2.05) is 5.32 Å². The highest BCUT2D eigenvalue weighted by atomic mass is 19.3. The summed E-state index contributed by atoms with van der Waals surface area (Å²) < 4.78 is 35.3. The molecule has 0 aliphatic rings. The number of carbonyl (C=O) groups excluding carboxylic acids is 1. The van der Waals surface area contributed by atoms with E-state index in [1.165, 1.54) is 12.3 Å². The van der Waals surface area contributed by atoms with Crippen molar-refractivity contribution in [3.8, 4) is 11.5 Å². The summed E-state index contributed by atoms with van der Waals surface area (Å²) in [4.78, 5) is 11.5. The largest absolute Gasteiger partial charge is 0.461 e. The molecule has 0 aromatic carbocycles. The van der Waals surface area contributed by atoms with Crippen LogP contribution < -0.4 is 5.32 Å². The van der Waals surface area contributed by atoms with Crippen LogP contribution >= 0.6 is 0 Å². The van der Waals surface area contributed by atoms with Gasteiger partial charge in [0.15, 0.2) is 11.5 Å². The van der Waals surface area contributed by atoms with Crippen LogP contribution in [0.25, 0.3) is 11.5 Å². The Morgan fingerprint density at radius 1 is 1.47 bits per heavy atom. The molecule has 0 aliphatic carbocycles. The topological polar surface area (TPSA) is 88.5 Å². The lowest BCUT2D eigenvalue weighted by Crippen LogP contribution is -2.39. The fourth-order valence-corrected chi connectivity index (χ4v) is 1.27. The zero-order valence-electron chi connectivity index (χ0n) is 9.60. The molecule has 0 saturated heterocycles. The minimum Gasteiger partial charge on any atom is -0.461 e. The summed E-state index contributed by atoms with van der Waals surface area (Å²) in [5.41, 5.74) is -0.153. The molecular formula is C11H10F2N2O4. The Bertz CT molecular complexity index is 551. The molecule has 0 spiro atoms. The van der Waals surface area contributed by atoms with E-state index in [1.54, 1.807) is 12.1 Å². The molecule has 0 saturated carbocycles. The third kappa shape index (κ3) is 3.16. The van der Waals surface area contributed by atoms with E-state index in [0.29, 0.717) is 5.76 Å². The maximum atomic E-state index is 12.7. The van der Waals surface area contributed by atoms with Crippen LogP contribution in [0.3, 0.4) is 0 Å². The number of hydrogen-bond acceptors (Lipinski definition) is 5. The molecule has 8 heteroatoms. The summed E-state index contributed by atoms with van der Waals surface area (Å²) in [7, 11) is 0. The molecule has 2 aromatic rings. The van der Waals surface area contributed by atoms with Gasteiger partial charge in [-0.05, 0) is 12.1 Å². The molecule has 2 aromatic heterocycles. The van der Waals surface area contributed by atoms with Gasteiger partial charge in [0.1, 0.15) is 6.61 Å². The van der Waals surface area contributed by atoms with Gasteiger partial charge in [0, 0.05) is 6.07 Å². The van der Waals surface area contributed by atoms with Gasteiger partial charge in [-0.2, -0.15) is 0 Å². The first-order chi connectivity index (χ1) is 9.02. The van der Waals surface area contributed by atoms with Crippen LogP contribution in [0.2, 0.25) is 0 Å². The van der Waals surface area contributed by atoms with E-state index in [-0.39, 0.29) is 11.5 Å². The highest BCUT2D eigenvalue weighted by Gasteiger charge is 2.29. The third-order valence-corrected chi connectivity index (χ3v) is 2.25. The number of rotatable bonds is 5. The van der Waals surface area contributed by atoms with Crippen LogP contribution in [0.5, 0.6) is 0 Å². The summed E-state index contributed by atoms with van der Waals surface area (Å²) in [6, 6.07) is 4.49. The fourth-order valence-electron chi connectivity index (χ4n) is 1.27. The lowest BCUT2D eigenvalue weighted by Gasteiger charge is -2.12. The first-order valence-corrected chi connectivity index (χ1v) is 5.29. The Labute approximate surface area is 106 Å². The molecule has 0 atom stereocenters. The molecule has 2 N–H and O–H groups in total. The van der Waals surface area contributed by atoms with Gasteiger partial charge in [0.2, 0.25) is 5.76 Å². The molecule has 2 heterocycles. The lowest BCUT2D eigenvalue weighted by atomic mass is 10.3. The highest BCUT2D eigenvalue weighted by molar-refractivity contribution is 5.92. The molecule has 0 aliphatic heterocycles. The molecule has 6 nitrogen and oxygen atoms in total. The number of alkyl halides is 2. The third-order valence-electron chi connectivity index (χ3n) is 2.25. The fraction of sp³-hybridized carbons (Fsp3) is 0.273. The van der Waals surface area contributed by atoms with E-state index in [0.717, 1.165) is 0 Å². The van der Waals surface area contributed by atoms with Crippen molar-refractivity contribution in [1.29, 1.82) is 0 Å². The molecule has 19 heavy (non-hydrogen) atoms. The van der Waals surface area contributed by atoms with Gasteiger partial charge >= 0.3 is 0 Å². The minimum atomic E-state index is -3.37. The number of amides is 1. The van der Waals surface area contributed by atoms with Crippen molar-refractivity contribution < 1.29 is 27.6 Å². The summed E-state index contributed by atoms with van der Waals surface area (Å²) in [5.74, 6) is -3.62. The number of aliphatic hydroxyl groups is 1. The number of halogens is 2. The van der Waals surface area contributed by atoms with Crippen molar-refractivity contribution in [2.75, 3.05) is 13.2 Å². The van der Waals surface area contributed by atoms with Crippen molar-refractivity contribution in [2.45, 2.75) is 5.92 Å². The normalized spacial score (nSPS) is 11.5. The Morgan fingerprint density at radius 2 is 2.26 bits per heavy atom. The zero-order valence-corrected chi connectivity index (χ0v) is 9.60. The summed E-state index contributed by atoms with van der Waals surface area (Å²) in [6.07, 6.45) is 1.42. The lowest BCUT2D eigenvalue weighted by molar-refractivity contribution is -0.0462. The van der Waals surface area contributed by atoms with Crippen LogP contribution in [0, 0.1) is 0 Å². The van der Waals surface area contributed by atoms with Gasteiger partial charge in [-0.3, -0.25) is 4.79 Å². The Balaban J connectivity index is 2.01. The standard InChI is InChI=1S/C11H10F2N2O4/c12-11(13,6-16)5-14-10(17)7-4-9(19-15-7)8-2-1-3-18-8/h1-4,16H,5-6H2,(H,14,17). The number of furan rings is 1. The highest BCUT2D eigenvalue weighted by Crippen LogP contribution is 2.20. The van der Waals surface area contributed by atoms with Gasteiger partial charge in [-0.25, -0.2) is 8.78 Å². The summed E-state index contributed by atoms with van der Waals surface area (Å²) >= 11 is 0. The molecular weight excluding hydrogens is 262 g/mol. The number of aliphatic hydroxyl groups excluding tert-OH is 1. The van der Waals surface area contributed by atoms with E-state index in [4.69, 9.17) is 14.0 Å². The monoisotopic (exact) mass is 272 g/mol. The smallest absolute Gasteiger partial charge is 0.287 e. The van der Waals surface area contributed by atoms with Crippen LogP contribution in [-0.2, 0) is 0 Å². The molecule has 0 radical (unpaired) electrons. The first kappa shape index (κ1) is 13.2. The molecule has 0 bridgehead atoms. The van der Waals surface area contributed by atoms with E-state index < -0.39 is 25.0 Å². The number of nitrogens with one attached hydrogen (secondary N) is 1. The summed E-state index contributed by atoms with van der Waals surface area (Å²) in [6.45, 7) is -2.32. The van der Waals surface area contributed by atoms with Gasteiger partial charge in [0.05, 0.1) is 12.8 Å². The van der Waals surface area contributed by atoms with E-state index in [2.05, 4.69) is 5.16 Å². The number of hydrogen-bond donors (Lipinski definition) is 2. The SMILES string of the molecule is O=C(NCC(F)(F)CO)c1cc(-c2ccco2)on1. The molecule has 0 unspecified atom stereocenters. The van der Waals surface area contributed by atoms with Crippen LogP contribution in [0.1, 0.15) is 10.5 Å². The maximum absolute atomic E-state index is 12.7. The average molecular weight is 272 g/mol. The molecule has 2 rings (SSSR count). The van der Waals surface area contributed by atoms with Crippen molar-refractivity contribution in [2.24, 2.45) is 0 Å². The molecule has 1 amide bonds. The van der Waals surface area contributed by atoms with E-state index >= 15 is 0 Å². The zero-order chi connectivity index (χ0) is 13.9. The quantitative estimate of drug-likeness (QED) is 0.856. The van der Waals surface area contributed by atoms with E-state index in [9.17, 15) is 13.6 Å². The van der Waals surface area contributed by atoms with Crippen LogP contribution in [0.15, 0.2) is 33.4 Å². The van der Waals surface area contributed by atoms with Crippen molar-refractivity contribution in [1.82, 2.24) is 10.5 Å². The van der Waals surface area contributed by atoms with Crippen LogP contribution in [0.4, 0.5) is 8.78 Å². The molecule has 102 valence electrons. The van der Waals surface area contributed by atoms with Gasteiger partial charge in [0.25, 0.3) is 11.8 Å². The minimum absolute atomic E-state index is 0.153. The predicted molar refractivity (Wildman–Crippen MR) is 58.6 cm³/mol. The van der Waals surface area contributed by atoms with Crippen LogP contribution in [-0.4, -0.2) is 35.2 Å². The van der Waals surface area contributed by atoms with Gasteiger partial charge < -0.3 is 19.4 Å². The average Bonchev–Trinajstić information content (AvgIpc) is 3.05. The number of nitrogens with zero attached hydrogens (tertiary/aromatic N) is 1. The number of carbonyl (C=O) groups is 1. The second-order valence-corrected chi connectivity index (χ2v) is 3.75. The Morgan fingerprint density at radius 3 is 2.89 bits per heavy atom. The first-order valence-electron chi connectivity index (χ1n) is 5.29.